The molecule has 2 heterocycles. The van der Waals surface area contributed by atoms with Crippen LogP contribution in [-0.4, -0.2) is 35.0 Å². The first-order valence-electron chi connectivity index (χ1n) is 10.3. The monoisotopic (exact) mass is 487 g/mol. The van der Waals surface area contributed by atoms with Crippen molar-refractivity contribution >= 4 is 48.5 Å². The number of aromatic nitrogens is 1. The third-order valence-corrected chi connectivity index (χ3v) is 6.92. The number of benzene rings is 2. The minimum atomic E-state index is -0.616. The van der Waals surface area contributed by atoms with Crippen molar-refractivity contribution < 1.29 is 9.53 Å². The number of amides is 1. The number of carbonyl (C=O) groups excluding carboxylic acids is 1. The Hall–Kier alpha value is -1.96. The van der Waals surface area contributed by atoms with E-state index in [4.69, 9.17) is 4.74 Å². The van der Waals surface area contributed by atoms with E-state index in [-0.39, 0.29) is 5.91 Å². The Kier molecular flexibility index (Phi) is 6.71. The molecule has 0 saturated carbocycles. The summed E-state index contributed by atoms with van der Waals surface area (Å²) in [6.45, 7) is 7.38. The van der Waals surface area contributed by atoms with E-state index in [0.717, 1.165) is 27.2 Å². The molecule has 3 aromatic rings. The molecule has 0 aliphatic carbocycles. The molecule has 1 unspecified atom stereocenters. The standard InChI is InChI=1S/C23H26BrN3O2S/c1-15-9-11-27(12-10-15)14-17-3-8-20-21(13-17)30-23(25-20)26-22(28)16(2)29-19-6-4-18(24)5-7-19/h3-8,13,15-16H,9-12,14H2,1-2H3,(H,25,26,28). The molecule has 1 aliphatic rings. The highest BCUT2D eigenvalue weighted by atomic mass is 79.9. The Morgan fingerprint density at radius 1 is 1.27 bits per heavy atom. The number of anilines is 1. The zero-order valence-electron chi connectivity index (χ0n) is 17.2. The molecule has 0 bridgehead atoms. The molecule has 1 aliphatic heterocycles. The first kappa shape index (κ1) is 21.3. The van der Waals surface area contributed by atoms with E-state index < -0.39 is 6.10 Å². The zero-order chi connectivity index (χ0) is 21.1. The molecule has 1 fully saturated rings. The van der Waals surface area contributed by atoms with Crippen molar-refractivity contribution in [3.8, 4) is 5.75 Å². The van der Waals surface area contributed by atoms with Crippen LogP contribution in [0.1, 0.15) is 32.3 Å². The highest BCUT2D eigenvalue weighted by Crippen LogP contribution is 2.28. The fourth-order valence-electron chi connectivity index (χ4n) is 3.58. The van der Waals surface area contributed by atoms with E-state index in [1.165, 1.54) is 42.8 Å². The van der Waals surface area contributed by atoms with Crippen LogP contribution < -0.4 is 10.1 Å². The highest BCUT2D eigenvalue weighted by molar-refractivity contribution is 9.10. The van der Waals surface area contributed by atoms with Gasteiger partial charge in [0, 0.05) is 11.0 Å². The second kappa shape index (κ2) is 9.45. The molecule has 1 atom stereocenters. The van der Waals surface area contributed by atoms with Crippen LogP contribution in [0.3, 0.4) is 0 Å². The number of halogens is 1. The van der Waals surface area contributed by atoms with E-state index in [2.05, 4.69) is 50.2 Å². The maximum atomic E-state index is 12.5. The van der Waals surface area contributed by atoms with Gasteiger partial charge in [-0.25, -0.2) is 4.98 Å². The minimum absolute atomic E-state index is 0.209. The SMILES string of the molecule is CC1CCN(Cc2ccc3nc(NC(=O)C(C)Oc4ccc(Br)cc4)sc3c2)CC1. The number of carbonyl (C=O) groups is 1. The van der Waals surface area contributed by atoms with E-state index in [9.17, 15) is 4.79 Å². The minimum Gasteiger partial charge on any atom is -0.481 e. The molecular weight excluding hydrogens is 462 g/mol. The third kappa shape index (κ3) is 5.39. The van der Waals surface area contributed by atoms with Gasteiger partial charge in [-0.3, -0.25) is 15.0 Å². The van der Waals surface area contributed by atoms with E-state index in [1.54, 1.807) is 6.92 Å². The quantitative estimate of drug-likeness (QED) is 0.484. The lowest BCUT2D eigenvalue weighted by molar-refractivity contribution is -0.122. The molecule has 0 radical (unpaired) electrons. The number of fused-ring (bicyclic) bond motifs is 1. The summed E-state index contributed by atoms with van der Waals surface area (Å²) in [5.74, 6) is 1.29. The molecule has 4 rings (SSSR count). The number of likely N-dealkylation sites (tertiary alicyclic amines) is 1. The molecule has 1 N–H and O–H groups in total. The molecule has 5 nitrogen and oxygen atoms in total. The van der Waals surface area contributed by atoms with Crippen molar-refractivity contribution in [2.24, 2.45) is 5.92 Å². The predicted octanol–water partition coefficient (Wildman–Crippen LogP) is 5.70. The lowest BCUT2D eigenvalue weighted by Gasteiger charge is -2.30. The molecule has 158 valence electrons. The Morgan fingerprint density at radius 3 is 2.73 bits per heavy atom. The number of hydrogen-bond acceptors (Lipinski definition) is 5. The maximum absolute atomic E-state index is 12.5. The summed E-state index contributed by atoms with van der Waals surface area (Å²) in [4.78, 5) is 19.6. The van der Waals surface area contributed by atoms with Gasteiger partial charge in [-0.2, -0.15) is 0 Å². The van der Waals surface area contributed by atoms with Crippen molar-refractivity contribution in [2.75, 3.05) is 18.4 Å². The fraction of sp³-hybridized carbons (Fsp3) is 0.391. The van der Waals surface area contributed by atoms with Gasteiger partial charge < -0.3 is 4.74 Å². The molecule has 1 amide bonds. The van der Waals surface area contributed by atoms with Crippen LogP contribution in [0, 0.1) is 5.92 Å². The van der Waals surface area contributed by atoms with Gasteiger partial charge in [0.2, 0.25) is 0 Å². The Labute approximate surface area is 189 Å². The Bertz CT molecular complexity index is 1010. The van der Waals surface area contributed by atoms with Gasteiger partial charge in [-0.05, 0) is 80.7 Å². The number of piperidine rings is 1. The van der Waals surface area contributed by atoms with Crippen LogP contribution in [0.15, 0.2) is 46.9 Å². The normalized spacial score (nSPS) is 16.5. The van der Waals surface area contributed by atoms with Crippen molar-refractivity contribution in [1.29, 1.82) is 0 Å². The Balaban J connectivity index is 1.38. The van der Waals surface area contributed by atoms with Crippen LogP contribution >= 0.6 is 27.3 Å². The molecule has 1 aromatic heterocycles. The highest BCUT2D eigenvalue weighted by Gasteiger charge is 2.18. The molecule has 0 spiro atoms. The summed E-state index contributed by atoms with van der Waals surface area (Å²) in [5, 5.41) is 3.49. The number of ether oxygens (including phenoxy) is 1. The van der Waals surface area contributed by atoms with Gasteiger partial charge in [0.05, 0.1) is 10.2 Å². The van der Waals surface area contributed by atoms with E-state index >= 15 is 0 Å². The van der Waals surface area contributed by atoms with Gasteiger partial charge in [0.15, 0.2) is 11.2 Å². The van der Waals surface area contributed by atoms with Crippen molar-refractivity contribution in [1.82, 2.24) is 9.88 Å². The van der Waals surface area contributed by atoms with Gasteiger partial charge in [-0.15, -0.1) is 0 Å². The summed E-state index contributed by atoms with van der Waals surface area (Å²) in [7, 11) is 0. The molecule has 1 saturated heterocycles. The smallest absolute Gasteiger partial charge is 0.266 e. The number of thiazole rings is 1. The summed E-state index contributed by atoms with van der Waals surface area (Å²) < 4.78 is 7.79. The van der Waals surface area contributed by atoms with Crippen molar-refractivity contribution in [3.05, 3.63) is 52.5 Å². The van der Waals surface area contributed by atoms with Gasteiger partial charge in [-0.1, -0.05) is 40.3 Å². The van der Waals surface area contributed by atoms with Gasteiger partial charge >= 0.3 is 0 Å². The number of nitrogens with one attached hydrogen (secondary N) is 1. The van der Waals surface area contributed by atoms with Crippen LogP contribution in [0.4, 0.5) is 5.13 Å². The second-order valence-electron chi connectivity index (χ2n) is 7.98. The predicted molar refractivity (Wildman–Crippen MR) is 126 cm³/mol. The summed E-state index contributed by atoms with van der Waals surface area (Å²) in [6.07, 6.45) is 1.94. The fourth-order valence-corrected chi connectivity index (χ4v) is 4.77. The first-order chi connectivity index (χ1) is 14.5. The van der Waals surface area contributed by atoms with Gasteiger partial charge in [0.25, 0.3) is 5.91 Å². The van der Waals surface area contributed by atoms with Gasteiger partial charge in [0.1, 0.15) is 5.75 Å². The third-order valence-electron chi connectivity index (χ3n) is 5.46. The van der Waals surface area contributed by atoms with Crippen molar-refractivity contribution in [3.63, 3.8) is 0 Å². The molecular formula is C23H26BrN3O2S. The summed E-state index contributed by atoms with van der Waals surface area (Å²) >= 11 is 4.90. The maximum Gasteiger partial charge on any atom is 0.266 e. The Morgan fingerprint density at radius 2 is 2.00 bits per heavy atom. The zero-order valence-corrected chi connectivity index (χ0v) is 19.6. The number of nitrogens with zero attached hydrogens (tertiary/aromatic N) is 2. The topological polar surface area (TPSA) is 54.5 Å². The lowest BCUT2D eigenvalue weighted by Crippen LogP contribution is -2.32. The lowest BCUT2D eigenvalue weighted by atomic mass is 9.99. The van der Waals surface area contributed by atoms with Crippen LogP contribution in [0.25, 0.3) is 10.2 Å². The number of hydrogen-bond donors (Lipinski definition) is 1. The van der Waals surface area contributed by atoms with Crippen molar-refractivity contribution in [2.45, 2.75) is 39.3 Å². The average Bonchev–Trinajstić information content (AvgIpc) is 3.13. The molecule has 7 heteroatoms. The largest absolute Gasteiger partial charge is 0.481 e. The second-order valence-corrected chi connectivity index (χ2v) is 9.93. The van der Waals surface area contributed by atoms with Crippen LogP contribution in [0.2, 0.25) is 0 Å². The summed E-state index contributed by atoms with van der Waals surface area (Å²) in [6, 6.07) is 13.8. The van der Waals surface area contributed by atoms with E-state index in [0.29, 0.717) is 10.9 Å². The number of rotatable bonds is 6. The molecule has 2 aromatic carbocycles. The van der Waals surface area contributed by atoms with Crippen LogP contribution in [0.5, 0.6) is 5.75 Å². The van der Waals surface area contributed by atoms with E-state index in [1.807, 2.05) is 30.3 Å². The molecule has 30 heavy (non-hydrogen) atoms. The first-order valence-corrected chi connectivity index (χ1v) is 11.9. The average molecular weight is 488 g/mol. The summed E-state index contributed by atoms with van der Waals surface area (Å²) in [5.41, 5.74) is 2.21. The van der Waals surface area contributed by atoms with Crippen LogP contribution in [-0.2, 0) is 11.3 Å².